The van der Waals surface area contributed by atoms with Gasteiger partial charge < -0.3 is 5.11 Å². The molecule has 0 bridgehead atoms. The van der Waals surface area contributed by atoms with E-state index in [1.807, 2.05) is 0 Å². The maximum atomic E-state index is 9.96. The molecule has 1 aliphatic rings. The molecule has 0 amide bonds. The maximum Gasteiger partial charge on any atom is 0.0650 e. The van der Waals surface area contributed by atoms with Crippen LogP contribution in [0.3, 0.4) is 0 Å². The van der Waals surface area contributed by atoms with Crippen LogP contribution >= 0.6 is 0 Å². The molecule has 0 unspecified atom stereocenters. The minimum Gasteiger partial charge on any atom is -0.390 e. The second-order valence-electron chi connectivity index (χ2n) is 3.85. The zero-order valence-corrected chi connectivity index (χ0v) is 8.05. The molecule has 1 nitrogen and oxygen atoms in total. The average Bonchev–Trinajstić information content (AvgIpc) is 2.47. The van der Waals surface area contributed by atoms with Gasteiger partial charge in [0.1, 0.15) is 0 Å². The Morgan fingerprint density at radius 3 is 2.50 bits per heavy atom. The topological polar surface area (TPSA) is 20.2 Å². The molecule has 70 valence electrons. The Morgan fingerprint density at radius 1 is 1.25 bits per heavy atom. The normalized spacial score (nSPS) is 22.2. The van der Waals surface area contributed by atoms with E-state index in [2.05, 4.69) is 19.1 Å². The van der Waals surface area contributed by atoms with Crippen molar-refractivity contribution in [3.05, 3.63) is 12.2 Å². The van der Waals surface area contributed by atoms with Gasteiger partial charge in [-0.15, -0.1) is 0 Å². The summed E-state index contributed by atoms with van der Waals surface area (Å²) < 4.78 is 0. The summed E-state index contributed by atoms with van der Waals surface area (Å²) in [5, 5.41) is 9.96. The summed E-state index contributed by atoms with van der Waals surface area (Å²) >= 11 is 0. The molecule has 1 heteroatoms. The van der Waals surface area contributed by atoms with E-state index in [1.54, 1.807) is 0 Å². The van der Waals surface area contributed by atoms with Crippen molar-refractivity contribution in [2.24, 2.45) is 0 Å². The highest BCUT2D eigenvalue weighted by Crippen LogP contribution is 2.33. The number of allylic oxidation sites excluding steroid dienone is 2. The van der Waals surface area contributed by atoms with Gasteiger partial charge in [0, 0.05) is 0 Å². The van der Waals surface area contributed by atoms with E-state index in [4.69, 9.17) is 0 Å². The average molecular weight is 168 g/mol. The van der Waals surface area contributed by atoms with E-state index in [1.165, 1.54) is 12.8 Å². The number of hydrogen-bond acceptors (Lipinski definition) is 1. The summed E-state index contributed by atoms with van der Waals surface area (Å²) in [6.07, 6.45) is 12.0. The standard InChI is InChI=1S/C11H20O/c1-2-3-4-5-8-11(12)9-6-7-10-11/h3-4,12H,2,5-10H2,1H3/b4-3+. The van der Waals surface area contributed by atoms with Crippen LogP contribution in [0.5, 0.6) is 0 Å². The van der Waals surface area contributed by atoms with Crippen LogP contribution in [-0.2, 0) is 0 Å². The minimum atomic E-state index is -0.307. The highest BCUT2D eigenvalue weighted by Gasteiger charge is 2.29. The first kappa shape index (κ1) is 9.79. The molecule has 0 aliphatic heterocycles. The third-order valence-electron chi connectivity index (χ3n) is 2.71. The van der Waals surface area contributed by atoms with Gasteiger partial charge in [-0.3, -0.25) is 0 Å². The van der Waals surface area contributed by atoms with Crippen molar-refractivity contribution in [1.82, 2.24) is 0 Å². The molecular formula is C11H20O. The van der Waals surface area contributed by atoms with Crippen molar-refractivity contribution in [2.75, 3.05) is 0 Å². The van der Waals surface area contributed by atoms with Crippen LogP contribution in [0.4, 0.5) is 0 Å². The quantitative estimate of drug-likeness (QED) is 0.640. The fraction of sp³-hybridized carbons (Fsp3) is 0.818. The Balaban J connectivity index is 2.17. The summed E-state index contributed by atoms with van der Waals surface area (Å²) in [6.45, 7) is 2.14. The summed E-state index contributed by atoms with van der Waals surface area (Å²) in [5.41, 5.74) is -0.307. The lowest BCUT2D eigenvalue weighted by molar-refractivity contribution is 0.0398. The lowest BCUT2D eigenvalue weighted by Crippen LogP contribution is -2.23. The van der Waals surface area contributed by atoms with E-state index in [0.29, 0.717) is 0 Å². The van der Waals surface area contributed by atoms with E-state index in [9.17, 15) is 5.11 Å². The van der Waals surface area contributed by atoms with E-state index in [-0.39, 0.29) is 5.60 Å². The van der Waals surface area contributed by atoms with Crippen molar-refractivity contribution in [2.45, 2.75) is 57.5 Å². The van der Waals surface area contributed by atoms with Gasteiger partial charge in [0.25, 0.3) is 0 Å². The van der Waals surface area contributed by atoms with Gasteiger partial charge in [0.15, 0.2) is 0 Å². The van der Waals surface area contributed by atoms with Crippen LogP contribution in [-0.4, -0.2) is 10.7 Å². The van der Waals surface area contributed by atoms with Crippen LogP contribution in [0.1, 0.15) is 51.9 Å². The van der Waals surface area contributed by atoms with Gasteiger partial charge in [0.05, 0.1) is 5.60 Å². The molecule has 1 aliphatic carbocycles. The highest BCUT2D eigenvalue weighted by molar-refractivity contribution is 4.88. The summed E-state index contributed by atoms with van der Waals surface area (Å²) in [4.78, 5) is 0. The second-order valence-corrected chi connectivity index (χ2v) is 3.85. The Hall–Kier alpha value is -0.300. The molecule has 1 rings (SSSR count). The summed E-state index contributed by atoms with van der Waals surface area (Å²) in [6, 6.07) is 0. The zero-order chi connectivity index (χ0) is 8.86. The molecule has 1 N–H and O–H groups in total. The molecule has 0 radical (unpaired) electrons. The number of rotatable bonds is 4. The Morgan fingerprint density at radius 2 is 1.92 bits per heavy atom. The molecule has 0 aromatic carbocycles. The van der Waals surface area contributed by atoms with Crippen molar-refractivity contribution in [3.63, 3.8) is 0 Å². The van der Waals surface area contributed by atoms with Gasteiger partial charge in [0.2, 0.25) is 0 Å². The Labute approximate surface area is 75.5 Å². The molecule has 0 saturated heterocycles. The lowest BCUT2D eigenvalue weighted by atomic mass is 9.96. The summed E-state index contributed by atoms with van der Waals surface area (Å²) in [7, 11) is 0. The van der Waals surface area contributed by atoms with Crippen LogP contribution < -0.4 is 0 Å². The first-order chi connectivity index (χ1) is 5.77. The zero-order valence-electron chi connectivity index (χ0n) is 8.05. The van der Waals surface area contributed by atoms with E-state index < -0.39 is 0 Å². The van der Waals surface area contributed by atoms with Crippen molar-refractivity contribution in [1.29, 1.82) is 0 Å². The SMILES string of the molecule is CC/C=C/CCC1(O)CCCC1. The van der Waals surface area contributed by atoms with Crippen molar-refractivity contribution < 1.29 is 5.11 Å². The molecule has 1 saturated carbocycles. The molecule has 0 atom stereocenters. The van der Waals surface area contributed by atoms with Crippen molar-refractivity contribution in [3.8, 4) is 0 Å². The van der Waals surface area contributed by atoms with Crippen LogP contribution in [0.25, 0.3) is 0 Å². The van der Waals surface area contributed by atoms with E-state index in [0.717, 1.165) is 32.1 Å². The van der Waals surface area contributed by atoms with Gasteiger partial charge in [-0.1, -0.05) is 31.9 Å². The lowest BCUT2D eigenvalue weighted by Gasteiger charge is -2.20. The van der Waals surface area contributed by atoms with Gasteiger partial charge in [-0.2, -0.15) is 0 Å². The Bertz CT molecular complexity index is 143. The molecule has 0 aromatic heterocycles. The first-order valence-corrected chi connectivity index (χ1v) is 5.14. The third-order valence-corrected chi connectivity index (χ3v) is 2.71. The predicted molar refractivity (Wildman–Crippen MR) is 52.1 cm³/mol. The minimum absolute atomic E-state index is 0.307. The van der Waals surface area contributed by atoms with Crippen molar-refractivity contribution >= 4 is 0 Å². The Kier molecular flexibility index (Phi) is 3.80. The monoisotopic (exact) mass is 168 g/mol. The molecule has 12 heavy (non-hydrogen) atoms. The molecule has 0 heterocycles. The fourth-order valence-electron chi connectivity index (χ4n) is 1.92. The van der Waals surface area contributed by atoms with E-state index >= 15 is 0 Å². The van der Waals surface area contributed by atoms with Gasteiger partial charge in [-0.05, 0) is 32.1 Å². The van der Waals surface area contributed by atoms with Crippen LogP contribution in [0, 0.1) is 0 Å². The smallest absolute Gasteiger partial charge is 0.0650 e. The molecule has 1 fully saturated rings. The summed E-state index contributed by atoms with van der Waals surface area (Å²) in [5.74, 6) is 0. The fourth-order valence-corrected chi connectivity index (χ4v) is 1.92. The number of hydrogen-bond donors (Lipinski definition) is 1. The van der Waals surface area contributed by atoms with Gasteiger partial charge >= 0.3 is 0 Å². The molecule has 0 aromatic rings. The van der Waals surface area contributed by atoms with Crippen LogP contribution in [0.15, 0.2) is 12.2 Å². The predicted octanol–water partition coefficient (Wildman–Crippen LogP) is 3.04. The first-order valence-electron chi connectivity index (χ1n) is 5.14. The third kappa shape index (κ3) is 2.98. The second kappa shape index (κ2) is 4.66. The largest absolute Gasteiger partial charge is 0.390 e. The maximum absolute atomic E-state index is 9.96. The number of aliphatic hydroxyl groups is 1. The van der Waals surface area contributed by atoms with Gasteiger partial charge in [-0.25, -0.2) is 0 Å². The van der Waals surface area contributed by atoms with Crippen LogP contribution in [0.2, 0.25) is 0 Å². The highest BCUT2D eigenvalue weighted by atomic mass is 16.3. The molecular weight excluding hydrogens is 148 g/mol. The molecule has 0 spiro atoms.